The lowest BCUT2D eigenvalue weighted by Crippen LogP contribution is -2.45. The number of hydrogen-bond donors (Lipinski definition) is 2. The number of thiophene rings is 1. The van der Waals surface area contributed by atoms with Crippen LogP contribution in [0.2, 0.25) is 5.02 Å². The van der Waals surface area contributed by atoms with Gasteiger partial charge in [0.05, 0.1) is 32.6 Å². The van der Waals surface area contributed by atoms with Gasteiger partial charge >= 0.3 is 0 Å². The predicted octanol–water partition coefficient (Wildman–Crippen LogP) is 3.93. The van der Waals surface area contributed by atoms with E-state index in [9.17, 15) is 21.6 Å². The minimum atomic E-state index is -4.10. The van der Waals surface area contributed by atoms with Crippen molar-refractivity contribution in [3.05, 3.63) is 43.1 Å². The molecule has 0 bridgehead atoms. The number of halogens is 2. The first kappa shape index (κ1) is 26.9. The number of benzene rings is 1. The zero-order chi connectivity index (χ0) is 25.5. The van der Waals surface area contributed by atoms with E-state index in [1.54, 1.807) is 16.7 Å². The molecule has 3 heterocycles. The van der Waals surface area contributed by atoms with Crippen LogP contribution in [0.5, 0.6) is 0 Å². The van der Waals surface area contributed by atoms with Crippen molar-refractivity contribution in [1.29, 1.82) is 0 Å². The predicted molar refractivity (Wildman–Crippen MR) is 144 cm³/mol. The third-order valence-corrected chi connectivity index (χ3v) is 10.3. The minimum absolute atomic E-state index is 0.186. The maximum Gasteiger partial charge on any atom is 0.299 e. The van der Waals surface area contributed by atoms with Gasteiger partial charge in [0.25, 0.3) is 21.0 Å². The van der Waals surface area contributed by atoms with Gasteiger partial charge in [-0.15, -0.1) is 11.3 Å². The van der Waals surface area contributed by atoms with Crippen LogP contribution in [0.1, 0.15) is 11.4 Å². The molecule has 9 nitrogen and oxygen atoms in total. The Bertz CT molecular complexity index is 1560. The maximum atomic E-state index is 12.4. The Kier molecular flexibility index (Phi) is 7.89. The SMILES string of the molecule is CS(=O)(=O)NC(=O)C[n+]1c(C=C2Sc3ccc(Cl)cc3N2CCCS(=O)(=O)O)sc2sc(Br)cc21. The van der Waals surface area contributed by atoms with Gasteiger partial charge < -0.3 is 4.90 Å². The zero-order valence-corrected chi connectivity index (χ0v) is 24.3. The summed E-state index contributed by atoms with van der Waals surface area (Å²) in [6.07, 6.45) is 2.99. The summed E-state index contributed by atoms with van der Waals surface area (Å²) in [6.45, 7) is 0.105. The Hall–Kier alpha value is -1.20. The topological polar surface area (TPSA) is 125 Å². The molecule has 0 unspecified atom stereocenters. The number of sulfonamides is 1. The summed E-state index contributed by atoms with van der Waals surface area (Å²) in [5, 5.41) is 2.02. The van der Waals surface area contributed by atoms with Crippen LogP contribution in [0, 0.1) is 0 Å². The molecule has 1 aliphatic heterocycles. The first-order valence-electron chi connectivity index (χ1n) is 9.83. The highest BCUT2D eigenvalue weighted by Crippen LogP contribution is 2.48. The standard InChI is InChI=1S/C19H17BrClN3O6S5/c1-34(26,27)22-16(25)10-24-13-8-15(20)32-19(13)33-18(24)9-17-23(5-2-6-35(28,29)30)12-7-11(21)3-4-14(12)31-17/h3-4,7-9H,2,5-6,10H2,1H3,(H-,22,25,28,29,30)/p+1. The van der Waals surface area contributed by atoms with Crippen molar-refractivity contribution in [2.75, 3.05) is 23.5 Å². The second-order valence-electron chi connectivity index (χ2n) is 7.53. The fourth-order valence-corrected chi connectivity index (χ4v) is 9.01. The van der Waals surface area contributed by atoms with Gasteiger partial charge in [-0.25, -0.2) is 13.1 Å². The number of nitrogens with one attached hydrogen (secondary N) is 1. The first-order valence-corrected chi connectivity index (χ1v) is 17.0. The van der Waals surface area contributed by atoms with Gasteiger partial charge in [0.15, 0.2) is 4.01 Å². The number of fused-ring (bicyclic) bond motifs is 2. The molecular weight excluding hydrogens is 642 g/mol. The van der Waals surface area contributed by atoms with E-state index in [4.69, 9.17) is 16.2 Å². The van der Waals surface area contributed by atoms with Crippen molar-refractivity contribution in [2.24, 2.45) is 0 Å². The van der Waals surface area contributed by atoms with Crippen LogP contribution in [0.15, 0.2) is 38.0 Å². The molecule has 0 fully saturated rings. The van der Waals surface area contributed by atoms with Crippen LogP contribution in [-0.2, 0) is 31.5 Å². The van der Waals surface area contributed by atoms with Crippen LogP contribution in [-0.4, -0.2) is 45.8 Å². The molecule has 4 rings (SSSR count). The largest absolute Gasteiger partial charge is 0.335 e. The lowest BCUT2D eigenvalue weighted by atomic mass is 10.2. The van der Waals surface area contributed by atoms with Gasteiger partial charge in [-0.2, -0.15) is 13.0 Å². The van der Waals surface area contributed by atoms with E-state index in [-0.39, 0.29) is 18.7 Å². The number of rotatable bonds is 8. The van der Waals surface area contributed by atoms with E-state index in [0.29, 0.717) is 16.6 Å². The molecule has 1 amide bonds. The van der Waals surface area contributed by atoms with E-state index in [1.165, 1.54) is 34.4 Å². The van der Waals surface area contributed by atoms with Crippen molar-refractivity contribution in [2.45, 2.75) is 17.9 Å². The molecule has 1 aromatic carbocycles. The van der Waals surface area contributed by atoms with Crippen molar-refractivity contribution in [1.82, 2.24) is 4.72 Å². The van der Waals surface area contributed by atoms with Crippen molar-refractivity contribution in [3.8, 4) is 0 Å². The lowest BCUT2D eigenvalue weighted by molar-refractivity contribution is -0.655. The molecule has 0 aliphatic carbocycles. The highest BCUT2D eigenvalue weighted by molar-refractivity contribution is 9.11. The molecule has 2 aromatic heterocycles. The second kappa shape index (κ2) is 10.3. The Labute approximate surface area is 227 Å². The second-order valence-corrected chi connectivity index (χ2v) is 16.1. The number of thiazole rings is 1. The summed E-state index contributed by atoms with van der Waals surface area (Å²) in [6, 6.07) is 7.29. The average Bonchev–Trinajstić information content (AvgIpc) is 3.32. The molecule has 3 aromatic rings. The van der Waals surface area contributed by atoms with Crippen LogP contribution in [0.25, 0.3) is 15.6 Å². The monoisotopic (exact) mass is 658 g/mol. The molecule has 16 heteroatoms. The molecule has 0 atom stereocenters. The number of aromatic nitrogens is 1. The summed E-state index contributed by atoms with van der Waals surface area (Å²) < 4.78 is 60.2. The van der Waals surface area contributed by atoms with Gasteiger partial charge in [0, 0.05) is 22.5 Å². The van der Waals surface area contributed by atoms with Crippen LogP contribution in [0.4, 0.5) is 5.69 Å². The number of carbonyl (C=O) groups is 1. The highest BCUT2D eigenvalue weighted by atomic mass is 79.9. The summed E-state index contributed by atoms with van der Waals surface area (Å²) in [4.78, 5) is 15.3. The van der Waals surface area contributed by atoms with Gasteiger partial charge in [0.1, 0.15) is 0 Å². The smallest absolute Gasteiger partial charge is 0.299 e. The minimum Gasteiger partial charge on any atom is -0.335 e. The Balaban J connectivity index is 1.73. The Morgan fingerprint density at radius 3 is 2.69 bits per heavy atom. The summed E-state index contributed by atoms with van der Waals surface area (Å²) in [5.74, 6) is -1.05. The number of nitrogens with zero attached hydrogens (tertiary/aromatic N) is 2. The Morgan fingerprint density at radius 2 is 2.00 bits per heavy atom. The highest BCUT2D eigenvalue weighted by Gasteiger charge is 2.30. The average molecular weight is 660 g/mol. The third kappa shape index (κ3) is 6.77. The lowest BCUT2D eigenvalue weighted by Gasteiger charge is -2.20. The molecule has 2 N–H and O–H groups in total. The van der Waals surface area contributed by atoms with Crippen LogP contribution < -0.4 is 14.2 Å². The molecule has 1 aliphatic rings. The fraction of sp³-hybridized carbons (Fsp3) is 0.263. The van der Waals surface area contributed by atoms with Gasteiger partial charge in [-0.1, -0.05) is 34.7 Å². The van der Waals surface area contributed by atoms with Gasteiger partial charge in [0.2, 0.25) is 22.1 Å². The summed E-state index contributed by atoms with van der Waals surface area (Å²) in [5.41, 5.74) is 1.59. The molecule has 0 saturated heterocycles. The van der Waals surface area contributed by atoms with Gasteiger partial charge in [-0.3, -0.25) is 9.35 Å². The molecule has 0 radical (unpaired) electrons. The summed E-state index contributed by atoms with van der Waals surface area (Å²) in [7, 11) is -7.81. The number of thioether (sulfide) groups is 1. The third-order valence-electron chi connectivity index (χ3n) is 4.73. The fourth-order valence-electron chi connectivity index (χ4n) is 3.44. The molecule has 0 saturated carbocycles. The normalized spacial score (nSPS) is 15.2. The molecular formula is C19H18BrClN3O6S5+. The van der Waals surface area contributed by atoms with E-state index in [0.717, 1.165) is 35.2 Å². The zero-order valence-electron chi connectivity index (χ0n) is 17.9. The quantitative estimate of drug-likeness (QED) is 0.276. The van der Waals surface area contributed by atoms with Crippen molar-refractivity contribution < 1.29 is 30.7 Å². The van der Waals surface area contributed by atoms with Crippen molar-refractivity contribution >= 4 is 109 Å². The maximum absolute atomic E-state index is 12.4. The van der Waals surface area contributed by atoms with Crippen LogP contribution >= 0.6 is 62.0 Å². The van der Waals surface area contributed by atoms with E-state index in [1.807, 2.05) is 27.8 Å². The first-order chi connectivity index (χ1) is 16.3. The molecule has 188 valence electrons. The van der Waals surface area contributed by atoms with E-state index in [2.05, 4.69) is 15.9 Å². The molecule has 35 heavy (non-hydrogen) atoms. The number of carbonyl (C=O) groups excluding carboxylic acids is 1. The van der Waals surface area contributed by atoms with Crippen molar-refractivity contribution in [3.63, 3.8) is 0 Å². The number of amides is 1. The van der Waals surface area contributed by atoms with E-state index < -0.39 is 26.0 Å². The molecule has 0 spiro atoms. The van der Waals surface area contributed by atoms with Gasteiger partial charge in [-0.05, 0) is 40.5 Å². The number of anilines is 1. The van der Waals surface area contributed by atoms with Crippen LogP contribution in [0.3, 0.4) is 0 Å². The van der Waals surface area contributed by atoms with E-state index >= 15 is 0 Å². The Morgan fingerprint density at radius 1 is 1.26 bits per heavy atom. The number of hydrogen-bond acceptors (Lipinski definition) is 9. The summed E-state index contributed by atoms with van der Waals surface area (Å²) >= 11 is 14.1.